The van der Waals surface area contributed by atoms with Crippen LogP contribution in [0.4, 0.5) is 0 Å². The van der Waals surface area contributed by atoms with Crippen molar-refractivity contribution in [2.45, 2.75) is 55.6 Å². The Morgan fingerprint density at radius 2 is 2.29 bits per heavy atom. The number of furan rings is 1. The van der Waals surface area contributed by atoms with Gasteiger partial charge in [-0.05, 0) is 55.3 Å². The largest absolute Gasteiger partial charge is 0.467 e. The fraction of sp³-hybridized carbons (Fsp3) is 0.450. The van der Waals surface area contributed by atoms with Crippen LogP contribution in [0.25, 0.3) is 0 Å². The fourth-order valence-electron chi connectivity index (χ4n) is 3.64. The minimum atomic E-state index is -0.202. The molecule has 28 heavy (non-hydrogen) atoms. The van der Waals surface area contributed by atoms with Gasteiger partial charge in [-0.1, -0.05) is 11.8 Å². The normalized spacial score (nSPS) is 17.5. The smallest absolute Gasteiger partial charge is 0.236 e. The van der Waals surface area contributed by atoms with Crippen molar-refractivity contribution in [3.8, 4) is 0 Å². The van der Waals surface area contributed by atoms with E-state index in [1.807, 2.05) is 24.0 Å². The lowest BCUT2D eigenvalue weighted by Gasteiger charge is -2.29. The number of amides is 1. The Morgan fingerprint density at radius 3 is 3.07 bits per heavy atom. The van der Waals surface area contributed by atoms with Gasteiger partial charge in [-0.15, -0.1) is 21.5 Å². The Hall–Kier alpha value is -2.06. The molecule has 0 radical (unpaired) electrons. The van der Waals surface area contributed by atoms with Gasteiger partial charge in [0.15, 0.2) is 5.16 Å². The summed E-state index contributed by atoms with van der Waals surface area (Å²) in [5, 5.41) is 11.6. The SMILES string of the molecule is CC(Sc1nnc(C2CC2)n1Cc1ccco1)C(=O)N1CCc2sccc2C1. The molecule has 2 aliphatic rings. The molecule has 0 aromatic carbocycles. The average molecular weight is 415 g/mol. The first-order valence-electron chi connectivity index (χ1n) is 9.65. The first-order chi connectivity index (χ1) is 13.7. The number of carbonyl (C=O) groups is 1. The Morgan fingerprint density at radius 1 is 1.39 bits per heavy atom. The highest BCUT2D eigenvalue weighted by Gasteiger charge is 2.32. The van der Waals surface area contributed by atoms with Crippen LogP contribution in [-0.4, -0.2) is 37.4 Å². The van der Waals surface area contributed by atoms with E-state index in [1.54, 1.807) is 17.6 Å². The third-order valence-electron chi connectivity index (χ3n) is 5.33. The monoisotopic (exact) mass is 414 g/mol. The van der Waals surface area contributed by atoms with E-state index in [0.29, 0.717) is 12.5 Å². The number of rotatable bonds is 6. The van der Waals surface area contributed by atoms with Crippen LogP contribution in [0.5, 0.6) is 0 Å². The van der Waals surface area contributed by atoms with Crippen LogP contribution in [-0.2, 0) is 24.3 Å². The van der Waals surface area contributed by atoms with Crippen molar-refractivity contribution in [3.05, 3.63) is 51.9 Å². The van der Waals surface area contributed by atoms with Crippen LogP contribution in [0.3, 0.4) is 0 Å². The highest BCUT2D eigenvalue weighted by molar-refractivity contribution is 8.00. The van der Waals surface area contributed by atoms with E-state index in [2.05, 4.69) is 26.2 Å². The van der Waals surface area contributed by atoms with Crippen molar-refractivity contribution in [1.29, 1.82) is 0 Å². The van der Waals surface area contributed by atoms with E-state index >= 15 is 0 Å². The highest BCUT2D eigenvalue weighted by Crippen LogP contribution is 2.40. The second kappa shape index (κ2) is 7.40. The Kier molecular flexibility index (Phi) is 4.76. The zero-order valence-electron chi connectivity index (χ0n) is 15.7. The maximum absolute atomic E-state index is 13.0. The summed E-state index contributed by atoms with van der Waals surface area (Å²) in [4.78, 5) is 16.4. The third kappa shape index (κ3) is 3.51. The zero-order valence-corrected chi connectivity index (χ0v) is 17.3. The quantitative estimate of drug-likeness (QED) is 0.572. The van der Waals surface area contributed by atoms with Gasteiger partial charge in [0.05, 0.1) is 18.1 Å². The first kappa shape index (κ1) is 18.0. The van der Waals surface area contributed by atoms with Crippen molar-refractivity contribution < 1.29 is 9.21 Å². The lowest BCUT2D eigenvalue weighted by Crippen LogP contribution is -2.39. The van der Waals surface area contributed by atoms with Crippen molar-refractivity contribution in [1.82, 2.24) is 19.7 Å². The van der Waals surface area contributed by atoms with Gasteiger partial charge < -0.3 is 9.32 Å². The van der Waals surface area contributed by atoms with Crippen molar-refractivity contribution in [2.24, 2.45) is 0 Å². The molecule has 1 unspecified atom stereocenters. The molecule has 1 fully saturated rings. The number of thiophene rings is 1. The summed E-state index contributed by atoms with van der Waals surface area (Å²) in [7, 11) is 0. The number of fused-ring (bicyclic) bond motifs is 1. The molecular formula is C20H22N4O2S2. The summed E-state index contributed by atoms with van der Waals surface area (Å²) < 4.78 is 7.65. The van der Waals surface area contributed by atoms with E-state index in [1.165, 1.54) is 22.2 Å². The minimum absolute atomic E-state index is 0.169. The molecule has 8 heteroatoms. The Bertz CT molecular complexity index is 974. The summed E-state index contributed by atoms with van der Waals surface area (Å²) in [6.45, 7) is 4.09. The predicted molar refractivity (Wildman–Crippen MR) is 109 cm³/mol. The summed E-state index contributed by atoms with van der Waals surface area (Å²) >= 11 is 3.29. The van der Waals surface area contributed by atoms with Gasteiger partial charge in [-0.3, -0.25) is 9.36 Å². The van der Waals surface area contributed by atoms with Gasteiger partial charge in [0.25, 0.3) is 0 Å². The molecule has 3 aromatic rings. The summed E-state index contributed by atoms with van der Waals surface area (Å²) in [5.74, 6) is 2.55. The van der Waals surface area contributed by atoms with E-state index in [0.717, 1.165) is 49.1 Å². The molecule has 0 bridgehead atoms. The molecule has 6 nitrogen and oxygen atoms in total. The number of nitrogens with zero attached hydrogens (tertiary/aromatic N) is 4. The van der Waals surface area contributed by atoms with Crippen LogP contribution in [0.2, 0.25) is 0 Å². The van der Waals surface area contributed by atoms with Gasteiger partial charge in [0.1, 0.15) is 11.6 Å². The van der Waals surface area contributed by atoms with Crippen molar-refractivity contribution >= 4 is 29.0 Å². The Labute approximate surface area is 171 Å². The molecule has 0 N–H and O–H groups in total. The molecule has 5 rings (SSSR count). The number of carbonyl (C=O) groups excluding carboxylic acids is 1. The number of thioether (sulfide) groups is 1. The molecule has 4 heterocycles. The van der Waals surface area contributed by atoms with E-state index in [-0.39, 0.29) is 11.2 Å². The molecule has 146 valence electrons. The van der Waals surface area contributed by atoms with Gasteiger partial charge in [0, 0.05) is 23.9 Å². The number of hydrogen-bond acceptors (Lipinski definition) is 6. The number of aromatic nitrogens is 3. The van der Waals surface area contributed by atoms with Crippen LogP contribution in [0.1, 0.15) is 47.7 Å². The molecule has 0 spiro atoms. The highest BCUT2D eigenvalue weighted by atomic mass is 32.2. The number of hydrogen-bond donors (Lipinski definition) is 0. The van der Waals surface area contributed by atoms with Gasteiger partial charge in [-0.25, -0.2) is 0 Å². The zero-order chi connectivity index (χ0) is 19.1. The maximum Gasteiger partial charge on any atom is 0.236 e. The van der Waals surface area contributed by atoms with E-state index < -0.39 is 0 Å². The van der Waals surface area contributed by atoms with Gasteiger partial charge in [0.2, 0.25) is 5.91 Å². The third-order valence-corrected chi connectivity index (χ3v) is 7.42. The minimum Gasteiger partial charge on any atom is -0.467 e. The van der Waals surface area contributed by atoms with Crippen LogP contribution in [0.15, 0.2) is 39.4 Å². The summed E-state index contributed by atoms with van der Waals surface area (Å²) in [6.07, 6.45) is 4.96. The summed E-state index contributed by atoms with van der Waals surface area (Å²) in [6, 6.07) is 6.00. The second-order valence-corrected chi connectivity index (χ2v) is 9.73. The van der Waals surface area contributed by atoms with E-state index in [9.17, 15) is 4.79 Å². The molecule has 1 amide bonds. The first-order valence-corrected chi connectivity index (χ1v) is 11.4. The lowest BCUT2D eigenvalue weighted by atomic mass is 10.1. The molecule has 1 saturated carbocycles. The molecule has 0 saturated heterocycles. The second-order valence-electron chi connectivity index (χ2n) is 7.42. The van der Waals surface area contributed by atoms with Crippen molar-refractivity contribution in [2.75, 3.05) is 6.54 Å². The predicted octanol–water partition coefficient (Wildman–Crippen LogP) is 3.92. The maximum atomic E-state index is 13.0. The molecule has 1 aliphatic carbocycles. The lowest BCUT2D eigenvalue weighted by molar-refractivity contribution is -0.131. The van der Waals surface area contributed by atoms with Gasteiger partial charge >= 0.3 is 0 Å². The molecular weight excluding hydrogens is 392 g/mol. The molecule has 3 aromatic heterocycles. The molecule has 1 aliphatic heterocycles. The summed E-state index contributed by atoms with van der Waals surface area (Å²) in [5.41, 5.74) is 1.29. The topological polar surface area (TPSA) is 64.2 Å². The van der Waals surface area contributed by atoms with E-state index in [4.69, 9.17) is 4.42 Å². The van der Waals surface area contributed by atoms with Crippen LogP contribution >= 0.6 is 23.1 Å². The van der Waals surface area contributed by atoms with Gasteiger partial charge in [-0.2, -0.15) is 0 Å². The standard InChI is InChI=1S/C20H22N4O2S2/c1-13(19(25)23-8-6-17-15(11-23)7-10-27-17)28-20-22-21-18(14-4-5-14)24(20)12-16-3-2-9-26-16/h2-3,7,9-10,13-14H,4-6,8,11-12H2,1H3. The molecule has 1 atom stereocenters. The Balaban J connectivity index is 1.32. The average Bonchev–Trinajstić information content (AvgIpc) is 3.10. The fourth-order valence-corrected chi connectivity index (χ4v) is 5.47. The van der Waals surface area contributed by atoms with Crippen LogP contribution < -0.4 is 0 Å². The van der Waals surface area contributed by atoms with Crippen LogP contribution in [0, 0.1) is 0 Å². The van der Waals surface area contributed by atoms with Crippen molar-refractivity contribution in [3.63, 3.8) is 0 Å².